The van der Waals surface area contributed by atoms with E-state index in [0.717, 1.165) is 4.90 Å². The lowest BCUT2D eigenvalue weighted by atomic mass is 10.0. The first kappa shape index (κ1) is 11.2. The number of nitrogens with two attached hydrogens (primary N) is 1. The van der Waals surface area contributed by atoms with Gasteiger partial charge in [-0.1, -0.05) is 6.04 Å². The summed E-state index contributed by atoms with van der Waals surface area (Å²) < 4.78 is 7.55. The molecule has 2 aliphatic heterocycles. The maximum atomic E-state index is 12.4. The fraction of sp³-hybridized carbons (Fsp3) is 0.231. The molecule has 1 aromatic rings. The molecule has 2 heterocycles. The minimum atomic E-state index is -1.02. The molecule has 1 aromatic carbocycles. The number of nitrogen functional groups attached to an aromatic ring is 1. The van der Waals surface area contributed by atoms with Gasteiger partial charge in [0.1, 0.15) is 6.04 Å². The Morgan fingerprint density at radius 3 is 2.70 bits per heavy atom. The van der Waals surface area contributed by atoms with Gasteiger partial charge in [0.15, 0.2) is 0 Å². The molecular formula is C13H11N3O4. The van der Waals surface area contributed by atoms with Gasteiger partial charge < -0.3 is 5.73 Å². The third-order valence-electron chi connectivity index (χ3n) is 3.43. The number of amides is 4. The molecule has 1 atom stereocenters. The minimum absolute atomic E-state index is 0.0116. The Balaban J connectivity index is 2.02. The lowest BCUT2D eigenvalue weighted by Gasteiger charge is -2.27. The Hall–Kier alpha value is -2.70. The Labute approximate surface area is 115 Å². The van der Waals surface area contributed by atoms with E-state index in [1.54, 1.807) is 0 Å². The number of nitrogens with zero attached hydrogens (tertiary/aromatic N) is 1. The van der Waals surface area contributed by atoms with E-state index in [0.29, 0.717) is 0 Å². The maximum absolute atomic E-state index is 12.4. The highest BCUT2D eigenvalue weighted by molar-refractivity contribution is 6.25. The highest BCUT2D eigenvalue weighted by Gasteiger charge is 2.45. The smallest absolute Gasteiger partial charge is 0.264 e. The van der Waals surface area contributed by atoms with E-state index >= 15 is 0 Å². The number of carbonyl (C=O) groups excluding carboxylic acids is 4. The molecule has 1 fully saturated rings. The Bertz CT molecular complexity index is 716. The molecule has 7 heteroatoms. The lowest BCUT2D eigenvalue weighted by molar-refractivity contribution is -0.136. The minimum Gasteiger partial charge on any atom is -0.398 e. The topological polar surface area (TPSA) is 110 Å². The summed E-state index contributed by atoms with van der Waals surface area (Å²) in [6, 6.07) is 1.51. The van der Waals surface area contributed by atoms with Crippen molar-refractivity contribution in [1.29, 1.82) is 0 Å². The average molecular weight is 274 g/mol. The first-order valence-corrected chi connectivity index (χ1v) is 6.02. The maximum Gasteiger partial charge on any atom is 0.264 e. The van der Waals surface area contributed by atoms with Crippen LogP contribution in [0, 0.1) is 0 Å². The molecule has 20 heavy (non-hydrogen) atoms. The van der Waals surface area contributed by atoms with E-state index in [1.807, 2.05) is 0 Å². The molecule has 3 N–H and O–H groups in total. The SMILES string of the molecule is [2H]c1cc(N)c2c(c1)C(=O)N(C1CCC(=O)NC1=O)C2=O. The molecule has 1 saturated heterocycles. The molecule has 7 nitrogen and oxygen atoms in total. The Morgan fingerprint density at radius 2 is 2.00 bits per heavy atom. The van der Waals surface area contributed by atoms with Gasteiger partial charge in [0.25, 0.3) is 11.8 Å². The van der Waals surface area contributed by atoms with Gasteiger partial charge in [-0.3, -0.25) is 29.4 Å². The van der Waals surface area contributed by atoms with E-state index in [9.17, 15) is 19.2 Å². The second-order valence-corrected chi connectivity index (χ2v) is 4.65. The Morgan fingerprint density at radius 1 is 1.25 bits per heavy atom. The molecule has 0 aromatic heterocycles. The molecule has 0 aliphatic carbocycles. The number of rotatable bonds is 1. The van der Waals surface area contributed by atoms with Crippen molar-refractivity contribution in [2.24, 2.45) is 0 Å². The third-order valence-corrected chi connectivity index (χ3v) is 3.43. The van der Waals surface area contributed by atoms with Crippen molar-refractivity contribution in [3.8, 4) is 0 Å². The van der Waals surface area contributed by atoms with Crippen LogP contribution in [-0.2, 0) is 9.59 Å². The summed E-state index contributed by atoms with van der Waals surface area (Å²) in [5, 5.41) is 2.11. The zero-order chi connectivity index (χ0) is 15.3. The van der Waals surface area contributed by atoms with Gasteiger partial charge in [-0.25, -0.2) is 0 Å². The van der Waals surface area contributed by atoms with Gasteiger partial charge in [-0.15, -0.1) is 0 Å². The van der Waals surface area contributed by atoms with Crippen LogP contribution in [0.5, 0.6) is 0 Å². The van der Waals surface area contributed by atoms with Crippen molar-refractivity contribution >= 4 is 29.3 Å². The van der Waals surface area contributed by atoms with E-state index in [2.05, 4.69) is 5.32 Å². The van der Waals surface area contributed by atoms with E-state index in [-0.39, 0.29) is 35.7 Å². The summed E-state index contributed by atoms with van der Waals surface area (Å²) in [6.45, 7) is 0. The van der Waals surface area contributed by atoms with Crippen LogP contribution in [0.25, 0.3) is 0 Å². The second kappa shape index (κ2) is 4.16. The number of hydrogen-bond donors (Lipinski definition) is 2. The van der Waals surface area contributed by atoms with Gasteiger partial charge in [0, 0.05) is 12.1 Å². The normalized spacial score (nSPS) is 22.7. The number of hydrogen-bond acceptors (Lipinski definition) is 5. The summed E-state index contributed by atoms with van der Waals surface area (Å²) in [6.07, 6.45) is 0.146. The van der Waals surface area contributed by atoms with E-state index < -0.39 is 29.7 Å². The van der Waals surface area contributed by atoms with Crippen LogP contribution < -0.4 is 11.1 Å². The zero-order valence-corrected chi connectivity index (χ0v) is 10.3. The molecule has 0 saturated carbocycles. The number of imide groups is 2. The number of nitrogens with one attached hydrogen (secondary N) is 1. The van der Waals surface area contributed by atoms with Crippen LogP contribution in [0.2, 0.25) is 0 Å². The van der Waals surface area contributed by atoms with Crippen molar-refractivity contribution in [3.63, 3.8) is 0 Å². The standard InChI is InChI=1S/C13H11N3O4/c14-7-3-1-2-6-10(7)13(20)16(12(6)19)8-4-5-9(17)15-11(8)18/h1-3,8H,4-5,14H2,(H,15,17,18)/i1D. The van der Waals surface area contributed by atoms with Crippen molar-refractivity contribution in [2.75, 3.05) is 5.73 Å². The first-order chi connectivity index (χ1) is 9.90. The molecule has 0 spiro atoms. The average Bonchev–Trinajstić information content (AvgIpc) is 2.63. The predicted octanol–water partition coefficient (Wildman–Crippen LogP) is -0.330. The first-order valence-electron chi connectivity index (χ1n) is 6.52. The molecule has 102 valence electrons. The van der Waals surface area contributed by atoms with Crippen LogP contribution in [0.1, 0.15) is 34.9 Å². The van der Waals surface area contributed by atoms with Gasteiger partial charge in [0.2, 0.25) is 11.8 Å². The molecule has 0 radical (unpaired) electrons. The number of anilines is 1. The second-order valence-electron chi connectivity index (χ2n) is 4.65. The van der Waals surface area contributed by atoms with Gasteiger partial charge >= 0.3 is 0 Å². The quantitative estimate of drug-likeness (QED) is 0.538. The van der Waals surface area contributed by atoms with Gasteiger partial charge in [0.05, 0.1) is 12.5 Å². The molecule has 2 aliphatic rings. The van der Waals surface area contributed by atoms with Crippen molar-refractivity contribution in [3.05, 3.63) is 29.3 Å². The summed E-state index contributed by atoms with van der Waals surface area (Å²) in [7, 11) is 0. The third kappa shape index (κ3) is 1.59. The Kier molecular flexibility index (Phi) is 2.32. The van der Waals surface area contributed by atoms with Gasteiger partial charge in [-0.2, -0.15) is 0 Å². The zero-order valence-electron chi connectivity index (χ0n) is 11.3. The number of benzene rings is 1. The van der Waals surface area contributed by atoms with Crippen LogP contribution >= 0.6 is 0 Å². The summed E-state index contributed by atoms with van der Waals surface area (Å²) in [5.41, 5.74) is 5.77. The van der Waals surface area contributed by atoms with Crippen LogP contribution in [-0.4, -0.2) is 34.6 Å². The monoisotopic (exact) mass is 274 g/mol. The fourth-order valence-corrected chi connectivity index (χ4v) is 2.48. The van der Waals surface area contributed by atoms with Crippen molar-refractivity contribution in [1.82, 2.24) is 10.2 Å². The molecular weight excluding hydrogens is 262 g/mol. The summed E-state index contributed by atoms with van der Waals surface area (Å²) in [4.78, 5) is 48.5. The van der Waals surface area contributed by atoms with Crippen LogP contribution in [0.15, 0.2) is 18.2 Å². The number of fused-ring (bicyclic) bond motifs is 1. The molecule has 3 rings (SSSR count). The van der Waals surface area contributed by atoms with Crippen LogP contribution in [0.4, 0.5) is 5.69 Å². The largest absolute Gasteiger partial charge is 0.398 e. The highest BCUT2D eigenvalue weighted by Crippen LogP contribution is 2.30. The number of piperidine rings is 1. The van der Waals surface area contributed by atoms with Crippen molar-refractivity contribution < 1.29 is 20.5 Å². The predicted molar refractivity (Wildman–Crippen MR) is 67.5 cm³/mol. The van der Waals surface area contributed by atoms with E-state index in [4.69, 9.17) is 7.10 Å². The fourth-order valence-electron chi connectivity index (χ4n) is 2.48. The summed E-state index contributed by atoms with van der Waals surface area (Å²) in [5.74, 6) is -2.43. The van der Waals surface area contributed by atoms with Crippen LogP contribution in [0.3, 0.4) is 0 Å². The van der Waals surface area contributed by atoms with Crippen molar-refractivity contribution in [2.45, 2.75) is 18.9 Å². The van der Waals surface area contributed by atoms with Gasteiger partial charge in [-0.05, 0) is 18.6 Å². The van der Waals surface area contributed by atoms with E-state index in [1.165, 1.54) is 12.1 Å². The highest BCUT2D eigenvalue weighted by atomic mass is 16.2. The summed E-state index contributed by atoms with van der Waals surface area (Å²) >= 11 is 0. The molecule has 1 unspecified atom stereocenters. The molecule has 0 bridgehead atoms. The lowest BCUT2D eigenvalue weighted by Crippen LogP contribution is -2.54. The number of carbonyl (C=O) groups is 4. The molecule has 4 amide bonds.